The number of rotatable bonds is 15. The second-order valence-electron chi connectivity index (χ2n) is 8.90. The summed E-state index contributed by atoms with van der Waals surface area (Å²) in [6, 6.07) is 0. The van der Waals surface area contributed by atoms with Gasteiger partial charge in [-0.25, -0.2) is 0 Å². The molecule has 0 heterocycles. The van der Waals surface area contributed by atoms with E-state index in [2.05, 4.69) is 6.92 Å². The first-order valence-electron chi connectivity index (χ1n) is 11.9. The number of esters is 1. The Morgan fingerprint density at radius 1 is 1.07 bits per heavy atom. The topological polar surface area (TPSA) is 87.0 Å². The van der Waals surface area contributed by atoms with Gasteiger partial charge in [-0.05, 0) is 45.4 Å². The van der Waals surface area contributed by atoms with Crippen LogP contribution in [0, 0.1) is 11.8 Å². The number of hydrogen-bond acceptors (Lipinski definition) is 5. The number of carbonyl (C=O) groups is 1. The molecule has 5 unspecified atom stereocenters. The van der Waals surface area contributed by atoms with E-state index >= 15 is 0 Å². The number of aliphatic hydroxyl groups is 3. The Morgan fingerprint density at radius 2 is 1.80 bits per heavy atom. The van der Waals surface area contributed by atoms with Gasteiger partial charge in [0.1, 0.15) is 0 Å². The fraction of sp³-hybridized carbons (Fsp3) is 0.800. The molecule has 5 nitrogen and oxygen atoms in total. The fourth-order valence-electron chi connectivity index (χ4n) is 4.07. The van der Waals surface area contributed by atoms with Crippen LogP contribution in [0.5, 0.6) is 0 Å². The third kappa shape index (κ3) is 11.3. The summed E-state index contributed by atoms with van der Waals surface area (Å²) in [5.74, 6) is -0.350. The number of ether oxygens (including phenoxy) is 1. The SMILES string of the molecule is CCCCCCCC(O)/C=C/C1C(O)CC(O)C1C/C=C/CCCC(=O)OC(C)C. The number of aliphatic hydroxyl groups excluding tert-OH is 3. The van der Waals surface area contributed by atoms with E-state index in [1.165, 1.54) is 19.3 Å². The second kappa shape index (κ2) is 15.6. The largest absolute Gasteiger partial charge is 0.463 e. The van der Waals surface area contributed by atoms with Crippen LogP contribution in [0.15, 0.2) is 24.3 Å². The molecule has 0 saturated heterocycles. The zero-order valence-electron chi connectivity index (χ0n) is 19.2. The highest BCUT2D eigenvalue weighted by molar-refractivity contribution is 5.69. The minimum Gasteiger partial charge on any atom is -0.463 e. The summed E-state index contributed by atoms with van der Waals surface area (Å²) in [5.41, 5.74) is 0. The minimum absolute atomic E-state index is 0.0461. The van der Waals surface area contributed by atoms with Gasteiger partial charge in [0.05, 0.1) is 24.4 Å². The van der Waals surface area contributed by atoms with Crippen molar-refractivity contribution in [3.8, 4) is 0 Å². The molecule has 0 bridgehead atoms. The monoisotopic (exact) mass is 424 g/mol. The average Bonchev–Trinajstić information content (AvgIpc) is 2.94. The lowest BCUT2D eigenvalue weighted by atomic mass is 9.89. The lowest BCUT2D eigenvalue weighted by molar-refractivity contribution is -0.147. The lowest BCUT2D eigenvalue weighted by Gasteiger charge is -2.19. The van der Waals surface area contributed by atoms with Crippen molar-refractivity contribution in [2.24, 2.45) is 11.8 Å². The summed E-state index contributed by atoms with van der Waals surface area (Å²) in [7, 11) is 0. The Morgan fingerprint density at radius 3 is 2.50 bits per heavy atom. The predicted octanol–water partition coefficient (Wildman–Crippen LogP) is 4.69. The van der Waals surface area contributed by atoms with Gasteiger partial charge >= 0.3 is 5.97 Å². The van der Waals surface area contributed by atoms with Gasteiger partial charge in [0.25, 0.3) is 0 Å². The Balaban J connectivity index is 2.37. The molecular formula is C25H44O5. The van der Waals surface area contributed by atoms with E-state index in [-0.39, 0.29) is 23.9 Å². The number of hydrogen-bond donors (Lipinski definition) is 3. The molecule has 0 aromatic heterocycles. The third-order valence-corrected chi connectivity index (χ3v) is 5.77. The molecule has 174 valence electrons. The fourth-order valence-corrected chi connectivity index (χ4v) is 4.07. The summed E-state index contributed by atoms with van der Waals surface area (Å²) in [5, 5.41) is 30.8. The van der Waals surface area contributed by atoms with Crippen molar-refractivity contribution >= 4 is 5.97 Å². The standard InChI is InChI=1S/C25H44O5/c1-4-5-6-7-10-13-20(26)16-17-22-21(23(27)18-24(22)28)14-11-8-9-12-15-25(29)30-19(2)3/h8,11,16-17,19-24,26-28H,4-7,9-10,12-15,18H2,1-3H3/b11-8+,17-16+. The molecule has 30 heavy (non-hydrogen) atoms. The molecule has 1 aliphatic carbocycles. The summed E-state index contributed by atoms with van der Waals surface area (Å²) in [6.07, 6.45) is 15.7. The molecule has 5 atom stereocenters. The molecule has 0 aromatic rings. The highest BCUT2D eigenvalue weighted by Crippen LogP contribution is 2.36. The van der Waals surface area contributed by atoms with Crippen molar-refractivity contribution in [1.82, 2.24) is 0 Å². The van der Waals surface area contributed by atoms with Crippen LogP contribution in [0.4, 0.5) is 0 Å². The van der Waals surface area contributed by atoms with E-state index in [0.717, 1.165) is 32.1 Å². The molecular weight excluding hydrogens is 380 g/mol. The summed E-state index contributed by atoms with van der Waals surface area (Å²) >= 11 is 0. The average molecular weight is 425 g/mol. The molecule has 1 aliphatic rings. The van der Waals surface area contributed by atoms with Gasteiger partial charge in [0.15, 0.2) is 0 Å². The van der Waals surface area contributed by atoms with E-state index in [0.29, 0.717) is 19.3 Å². The highest BCUT2D eigenvalue weighted by Gasteiger charge is 2.39. The van der Waals surface area contributed by atoms with Crippen LogP contribution in [0.2, 0.25) is 0 Å². The molecule has 0 aromatic carbocycles. The van der Waals surface area contributed by atoms with Crippen LogP contribution < -0.4 is 0 Å². The lowest BCUT2D eigenvalue weighted by Crippen LogP contribution is -2.20. The first-order valence-corrected chi connectivity index (χ1v) is 11.9. The zero-order chi connectivity index (χ0) is 22.4. The van der Waals surface area contributed by atoms with Crippen molar-refractivity contribution in [2.75, 3.05) is 0 Å². The highest BCUT2D eigenvalue weighted by atomic mass is 16.5. The maximum atomic E-state index is 11.5. The molecule has 1 rings (SSSR count). The molecule has 0 radical (unpaired) electrons. The van der Waals surface area contributed by atoms with Crippen LogP contribution >= 0.6 is 0 Å². The van der Waals surface area contributed by atoms with Crippen LogP contribution in [-0.4, -0.2) is 45.7 Å². The smallest absolute Gasteiger partial charge is 0.306 e. The van der Waals surface area contributed by atoms with Gasteiger partial charge in [0, 0.05) is 18.8 Å². The van der Waals surface area contributed by atoms with Crippen molar-refractivity contribution in [3.05, 3.63) is 24.3 Å². The minimum atomic E-state index is -0.572. The van der Waals surface area contributed by atoms with Crippen LogP contribution in [0.1, 0.15) is 91.4 Å². The van der Waals surface area contributed by atoms with Gasteiger partial charge in [-0.15, -0.1) is 0 Å². The molecule has 1 saturated carbocycles. The first kappa shape index (κ1) is 26.9. The Hall–Kier alpha value is -1.17. The van der Waals surface area contributed by atoms with Crippen molar-refractivity contribution in [3.63, 3.8) is 0 Å². The molecule has 0 spiro atoms. The van der Waals surface area contributed by atoms with Gasteiger partial charge < -0.3 is 20.1 Å². The Labute approximate surface area is 183 Å². The molecule has 5 heteroatoms. The number of carbonyl (C=O) groups excluding carboxylic acids is 1. The van der Waals surface area contributed by atoms with E-state index < -0.39 is 18.3 Å². The Bertz CT molecular complexity index is 514. The van der Waals surface area contributed by atoms with Gasteiger partial charge in [-0.3, -0.25) is 4.79 Å². The Kier molecular flexibility index (Phi) is 14.0. The number of unbranched alkanes of at least 4 members (excludes halogenated alkanes) is 5. The molecule has 1 fully saturated rings. The predicted molar refractivity (Wildman–Crippen MR) is 121 cm³/mol. The normalized spacial score (nSPS) is 25.6. The van der Waals surface area contributed by atoms with Crippen molar-refractivity contribution in [1.29, 1.82) is 0 Å². The van der Waals surface area contributed by atoms with E-state index in [1.54, 1.807) is 6.08 Å². The van der Waals surface area contributed by atoms with Crippen LogP contribution in [0.25, 0.3) is 0 Å². The maximum absolute atomic E-state index is 11.5. The van der Waals surface area contributed by atoms with Crippen LogP contribution in [0.3, 0.4) is 0 Å². The van der Waals surface area contributed by atoms with E-state index in [1.807, 2.05) is 32.1 Å². The summed E-state index contributed by atoms with van der Waals surface area (Å²) in [4.78, 5) is 11.5. The van der Waals surface area contributed by atoms with Crippen molar-refractivity contribution in [2.45, 2.75) is 116 Å². The molecule has 3 N–H and O–H groups in total. The van der Waals surface area contributed by atoms with Gasteiger partial charge in [-0.2, -0.15) is 0 Å². The second-order valence-corrected chi connectivity index (χ2v) is 8.90. The third-order valence-electron chi connectivity index (χ3n) is 5.77. The van der Waals surface area contributed by atoms with Gasteiger partial charge in [0.2, 0.25) is 0 Å². The summed E-state index contributed by atoms with van der Waals surface area (Å²) < 4.78 is 5.11. The quantitative estimate of drug-likeness (QED) is 0.202. The van der Waals surface area contributed by atoms with Gasteiger partial charge in [-0.1, -0.05) is 63.3 Å². The molecule has 0 aliphatic heterocycles. The molecule has 0 amide bonds. The van der Waals surface area contributed by atoms with E-state index in [9.17, 15) is 20.1 Å². The van der Waals surface area contributed by atoms with E-state index in [4.69, 9.17) is 4.74 Å². The summed E-state index contributed by atoms with van der Waals surface area (Å²) in [6.45, 7) is 5.88. The van der Waals surface area contributed by atoms with Crippen LogP contribution in [-0.2, 0) is 9.53 Å². The zero-order valence-corrected chi connectivity index (χ0v) is 19.2. The number of allylic oxidation sites excluding steroid dienone is 2. The first-order chi connectivity index (χ1) is 14.3. The maximum Gasteiger partial charge on any atom is 0.306 e. The van der Waals surface area contributed by atoms with Crippen molar-refractivity contribution < 1.29 is 24.9 Å².